The molecular formula is C21H24ClN7O3S. The fraction of sp³-hybridized carbons (Fsp3) is 0.190. The van der Waals surface area contributed by atoms with Crippen LogP contribution in [0.25, 0.3) is 0 Å². The van der Waals surface area contributed by atoms with Gasteiger partial charge in [-0.05, 0) is 42.5 Å². The van der Waals surface area contributed by atoms with Crippen molar-refractivity contribution in [3.63, 3.8) is 0 Å². The van der Waals surface area contributed by atoms with Crippen LogP contribution >= 0.6 is 11.6 Å². The third-order valence-corrected chi connectivity index (χ3v) is 7.02. The zero-order valence-corrected chi connectivity index (χ0v) is 19.6. The number of carbonyl (C=O) groups excluding carboxylic acids is 1. The third kappa shape index (κ3) is 5.69. The largest absolute Gasteiger partial charge is 0.393 e. The highest BCUT2D eigenvalue weighted by molar-refractivity contribution is 7.89. The van der Waals surface area contributed by atoms with Gasteiger partial charge in [-0.15, -0.1) is 0 Å². The molecule has 1 aromatic heterocycles. The smallest absolute Gasteiger partial charge is 0.269 e. The zero-order chi connectivity index (χ0) is 24.0. The molecule has 0 bridgehead atoms. The van der Waals surface area contributed by atoms with Crippen molar-refractivity contribution in [1.82, 2.24) is 19.7 Å². The lowest BCUT2D eigenvalue weighted by Crippen LogP contribution is -2.30. The monoisotopic (exact) mass is 489 g/mol. The maximum Gasteiger partial charge on any atom is 0.269 e. The van der Waals surface area contributed by atoms with Crippen LogP contribution < -0.4 is 21.9 Å². The molecule has 5 N–H and O–H groups in total. The summed E-state index contributed by atoms with van der Waals surface area (Å²) < 4.78 is 26.6. The van der Waals surface area contributed by atoms with Gasteiger partial charge in [-0.2, -0.15) is 4.31 Å². The van der Waals surface area contributed by atoms with Crippen molar-refractivity contribution in [3.05, 3.63) is 65.4 Å². The normalized spacial score (nSPS) is 11.3. The molecule has 2 aromatic carbocycles. The summed E-state index contributed by atoms with van der Waals surface area (Å²) in [6.07, 6.45) is 1.27. The summed E-state index contributed by atoms with van der Waals surface area (Å²) in [6, 6.07) is 12.7. The molecule has 0 fully saturated rings. The highest BCUT2D eigenvalue weighted by Crippen LogP contribution is 2.26. The van der Waals surface area contributed by atoms with E-state index in [-0.39, 0.29) is 22.2 Å². The van der Waals surface area contributed by atoms with Gasteiger partial charge in [-0.1, -0.05) is 31.5 Å². The molecule has 10 nitrogen and oxygen atoms in total. The lowest BCUT2D eigenvalue weighted by Gasteiger charge is -2.18. The third-order valence-electron chi connectivity index (χ3n) is 4.73. The van der Waals surface area contributed by atoms with Crippen LogP contribution in [0.5, 0.6) is 0 Å². The van der Waals surface area contributed by atoms with Crippen molar-refractivity contribution in [2.45, 2.75) is 18.7 Å². The zero-order valence-electron chi connectivity index (χ0n) is 18.0. The summed E-state index contributed by atoms with van der Waals surface area (Å²) in [6.45, 7) is 4.36. The van der Waals surface area contributed by atoms with Gasteiger partial charge in [0.15, 0.2) is 11.6 Å². The second-order valence-electron chi connectivity index (χ2n) is 6.81. The molecule has 0 saturated carbocycles. The first-order chi connectivity index (χ1) is 15.8. The van der Waals surface area contributed by atoms with E-state index in [1.165, 1.54) is 28.8 Å². The number of nitrogens with one attached hydrogen (secondary N) is 3. The first-order valence-electron chi connectivity index (χ1n) is 10.1. The van der Waals surface area contributed by atoms with E-state index < -0.39 is 15.9 Å². The van der Waals surface area contributed by atoms with E-state index in [0.717, 1.165) is 0 Å². The van der Waals surface area contributed by atoms with Crippen molar-refractivity contribution in [2.24, 2.45) is 0 Å². The molecule has 0 aliphatic carbocycles. The molecule has 0 atom stereocenters. The molecule has 1 amide bonds. The molecule has 0 aliphatic rings. The first-order valence-corrected chi connectivity index (χ1v) is 11.9. The minimum absolute atomic E-state index is 0.156. The predicted octanol–water partition coefficient (Wildman–Crippen LogP) is 3.24. The Balaban J connectivity index is 1.71. The molecule has 0 aliphatic heterocycles. The molecule has 12 heteroatoms. The average molecular weight is 490 g/mol. The molecule has 0 radical (unpaired) electrons. The minimum Gasteiger partial charge on any atom is -0.393 e. The fourth-order valence-corrected chi connectivity index (χ4v) is 4.62. The summed E-state index contributed by atoms with van der Waals surface area (Å²) in [4.78, 5) is 20.6. The molecule has 174 valence electrons. The summed E-state index contributed by atoms with van der Waals surface area (Å²) in [5.41, 5.74) is 12.4. The van der Waals surface area contributed by atoms with Gasteiger partial charge in [0, 0.05) is 29.4 Å². The van der Waals surface area contributed by atoms with Gasteiger partial charge in [0.2, 0.25) is 10.0 Å². The molecule has 0 saturated heterocycles. The Morgan fingerprint density at radius 2 is 1.73 bits per heavy atom. The molecule has 0 unspecified atom stereocenters. The standard InChI is InChI=1S/C21H24ClN7O3S/c1-3-29(4-2)33(31,32)17-10-8-16(9-11-17)26-19-18(23)20(25-13-24-19)27-28-21(30)14-6-5-7-15(22)12-14/h5-13H,3-4,23H2,1-2H3,(H,28,30)(H2,24,25,26,27). The van der Waals surface area contributed by atoms with Crippen LogP contribution in [0.15, 0.2) is 59.8 Å². The van der Waals surface area contributed by atoms with Crippen LogP contribution in [-0.2, 0) is 10.0 Å². The van der Waals surface area contributed by atoms with Crippen molar-refractivity contribution in [3.8, 4) is 0 Å². The van der Waals surface area contributed by atoms with E-state index >= 15 is 0 Å². The Kier molecular flexibility index (Phi) is 7.69. The number of hydrogen-bond donors (Lipinski definition) is 4. The highest BCUT2D eigenvalue weighted by atomic mass is 35.5. The van der Waals surface area contributed by atoms with E-state index in [1.807, 2.05) is 0 Å². The van der Waals surface area contributed by atoms with Crippen molar-refractivity contribution in [2.75, 3.05) is 29.6 Å². The minimum atomic E-state index is -3.55. The molecular weight excluding hydrogens is 466 g/mol. The van der Waals surface area contributed by atoms with Gasteiger partial charge in [0.25, 0.3) is 5.91 Å². The summed E-state index contributed by atoms with van der Waals surface area (Å²) in [5, 5.41) is 3.46. The van der Waals surface area contributed by atoms with Gasteiger partial charge < -0.3 is 11.1 Å². The Labute approximate surface area is 197 Å². The Bertz CT molecular complexity index is 1230. The number of hydrogen-bond acceptors (Lipinski definition) is 8. The van der Waals surface area contributed by atoms with E-state index in [1.54, 1.807) is 44.2 Å². The highest BCUT2D eigenvalue weighted by Gasteiger charge is 2.21. The molecule has 1 heterocycles. The summed E-state index contributed by atoms with van der Waals surface area (Å²) in [7, 11) is -3.55. The van der Waals surface area contributed by atoms with E-state index in [4.69, 9.17) is 17.3 Å². The second kappa shape index (κ2) is 10.5. The number of nitrogens with zero attached hydrogens (tertiary/aromatic N) is 3. The van der Waals surface area contributed by atoms with Gasteiger partial charge >= 0.3 is 0 Å². The molecule has 3 rings (SSSR count). The van der Waals surface area contributed by atoms with Crippen molar-refractivity contribution < 1.29 is 13.2 Å². The number of nitrogen functional groups attached to an aromatic ring is 1. The van der Waals surface area contributed by atoms with Crippen LogP contribution in [0.3, 0.4) is 0 Å². The summed E-state index contributed by atoms with van der Waals surface area (Å²) >= 11 is 5.91. The average Bonchev–Trinajstić information content (AvgIpc) is 2.80. The number of carbonyl (C=O) groups is 1. The Hall–Kier alpha value is -3.41. The maximum absolute atomic E-state index is 12.6. The summed E-state index contributed by atoms with van der Waals surface area (Å²) in [5.74, 6) is 0.0440. The Morgan fingerprint density at radius 3 is 2.36 bits per heavy atom. The second-order valence-corrected chi connectivity index (χ2v) is 9.19. The van der Waals surface area contributed by atoms with E-state index in [2.05, 4.69) is 26.1 Å². The van der Waals surface area contributed by atoms with Crippen LogP contribution in [-0.4, -0.2) is 41.7 Å². The first kappa shape index (κ1) is 24.2. The number of amides is 1. The van der Waals surface area contributed by atoms with Gasteiger partial charge in [0.1, 0.15) is 12.0 Å². The topological polar surface area (TPSA) is 142 Å². The molecule has 33 heavy (non-hydrogen) atoms. The van der Waals surface area contributed by atoms with Crippen molar-refractivity contribution in [1.29, 1.82) is 0 Å². The number of hydrazine groups is 1. The van der Waals surface area contributed by atoms with Gasteiger partial charge in [0.05, 0.1) is 4.90 Å². The molecule has 0 spiro atoms. The van der Waals surface area contributed by atoms with Gasteiger partial charge in [-0.25, -0.2) is 18.4 Å². The van der Waals surface area contributed by atoms with Crippen LogP contribution in [0, 0.1) is 0 Å². The van der Waals surface area contributed by atoms with Gasteiger partial charge in [-0.3, -0.25) is 15.6 Å². The number of sulfonamides is 1. The van der Waals surface area contributed by atoms with E-state index in [9.17, 15) is 13.2 Å². The number of benzene rings is 2. The maximum atomic E-state index is 12.6. The lowest BCUT2D eigenvalue weighted by molar-refractivity contribution is 0.0962. The predicted molar refractivity (Wildman–Crippen MR) is 129 cm³/mol. The number of rotatable bonds is 9. The quantitative estimate of drug-likeness (QED) is 0.335. The molecule has 3 aromatic rings. The number of aromatic nitrogens is 2. The van der Waals surface area contributed by atoms with Crippen LogP contribution in [0.2, 0.25) is 5.02 Å². The SMILES string of the molecule is CCN(CC)S(=O)(=O)c1ccc(Nc2ncnc(NNC(=O)c3cccc(Cl)c3)c2N)cc1. The number of anilines is 4. The lowest BCUT2D eigenvalue weighted by atomic mass is 10.2. The Morgan fingerprint density at radius 1 is 1.06 bits per heavy atom. The van der Waals surface area contributed by atoms with Crippen molar-refractivity contribution >= 4 is 50.5 Å². The number of nitrogens with two attached hydrogens (primary N) is 1. The number of halogens is 1. The van der Waals surface area contributed by atoms with Crippen LogP contribution in [0.1, 0.15) is 24.2 Å². The van der Waals surface area contributed by atoms with Crippen LogP contribution in [0.4, 0.5) is 23.0 Å². The van der Waals surface area contributed by atoms with E-state index in [0.29, 0.717) is 29.4 Å². The fourth-order valence-electron chi connectivity index (χ4n) is 2.97.